The summed E-state index contributed by atoms with van der Waals surface area (Å²) in [6, 6.07) is 18.8. The van der Waals surface area contributed by atoms with Crippen LogP contribution in [-0.4, -0.2) is 23.5 Å². The average molecular weight is 362 g/mol. The topological polar surface area (TPSA) is 78.4 Å². The van der Waals surface area contributed by atoms with Gasteiger partial charge in [-0.25, -0.2) is 0 Å². The lowest BCUT2D eigenvalue weighted by atomic mass is 10.0. The van der Waals surface area contributed by atoms with Crippen molar-refractivity contribution in [3.63, 3.8) is 0 Å². The number of rotatable bonds is 4. The van der Waals surface area contributed by atoms with Gasteiger partial charge in [-0.15, -0.1) is 0 Å². The number of carbonyl (C=O) groups excluding carboxylic acids is 2. The summed E-state index contributed by atoms with van der Waals surface area (Å²) in [6.45, 7) is 3.86. The van der Waals surface area contributed by atoms with E-state index in [0.29, 0.717) is 11.3 Å². The molecule has 1 atom stereocenters. The van der Waals surface area contributed by atoms with E-state index in [0.717, 1.165) is 21.9 Å². The van der Waals surface area contributed by atoms with Crippen molar-refractivity contribution < 1.29 is 14.7 Å². The first-order valence-electron chi connectivity index (χ1n) is 8.78. The van der Waals surface area contributed by atoms with Crippen LogP contribution in [0, 0.1) is 13.8 Å². The molecule has 3 N–H and O–H groups in total. The van der Waals surface area contributed by atoms with Crippen molar-refractivity contribution >= 4 is 28.3 Å². The molecule has 3 rings (SSSR count). The monoisotopic (exact) mass is 362 g/mol. The number of hydrogen-bond acceptors (Lipinski definition) is 3. The van der Waals surface area contributed by atoms with E-state index in [9.17, 15) is 14.7 Å². The molecule has 27 heavy (non-hydrogen) atoms. The third-order valence-corrected chi connectivity index (χ3v) is 4.61. The van der Waals surface area contributed by atoms with Gasteiger partial charge >= 0.3 is 11.8 Å². The first kappa shape index (κ1) is 18.6. The largest absolute Gasteiger partial charge is 0.387 e. The SMILES string of the molecule is Cc1ccc(NC(=O)C(=O)NCC(O)c2cccc3ccccc23)cc1C. The minimum Gasteiger partial charge on any atom is -0.387 e. The summed E-state index contributed by atoms with van der Waals surface area (Å²) in [7, 11) is 0. The number of amides is 2. The Labute approximate surface area is 158 Å². The van der Waals surface area contributed by atoms with Crippen molar-refractivity contribution in [1.82, 2.24) is 5.32 Å². The van der Waals surface area contributed by atoms with E-state index in [1.165, 1.54) is 0 Å². The highest BCUT2D eigenvalue weighted by atomic mass is 16.3. The molecule has 0 fully saturated rings. The van der Waals surface area contributed by atoms with Crippen molar-refractivity contribution in [3.05, 3.63) is 77.4 Å². The highest BCUT2D eigenvalue weighted by Crippen LogP contribution is 2.23. The second kappa shape index (κ2) is 8.01. The quantitative estimate of drug-likeness (QED) is 0.624. The van der Waals surface area contributed by atoms with E-state index in [1.807, 2.05) is 68.4 Å². The van der Waals surface area contributed by atoms with Gasteiger partial charge in [0.1, 0.15) is 0 Å². The molecule has 0 aliphatic heterocycles. The molecule has 5 nitrogen and oxygen atoms in total. The van der Waals surface area contributed by atoms with E-state index in [4.69, 9.17) is 0 Å². The van der Waals surface area contributed by atoms with Crippen LogP contribution in [0.1, 0.15) is 22.8 Å². The predicted molar refractivity (Wildman–Crippen MR) is 106 cm³/mol. The molecule has 3 aromatic carbocycles. The Morgan fingerprint density at radius 1 is 0.926 bits per heavy atom. The Bertz CT molecular complexity index is 993. The molecule has 0 aliphatic carbocycles. The van der Waals surface area contributed by atoms with Gasteiger partial charge in [-0.2, -0.15) is 0 Å². The molecule has 0 radical (unpaired) electrons. The smallest absolute Gasteiger partial charge is 0.313 e. The molecule has 0 aromatic heterocycles. The Hall–Kier alpha value is -3.18. The van der Waals surface area contributed by atoms with Gasteiger partial charge in [0.15, 0.2) is 0 Å². The number of anilines is 1. The average Bonchev–Trinajstić information content (AvgIpc) is 2.68. The van der Waals surface area contributed by atoms with Crippen LogP contribution in [0.2, 0.25) is 0 Å². The molecule has 1 unspecified atom stereocenters. The minimum atomic E-state index is -0.908. The summed E-state index contributed by atoms with van der Waals surface area (Å²) in [5.74, 6) is -1.55. The summed E-state index contributed by atoms with van der Waals surface area (Å²) in [4.78, 5) is 24.1. The number of aliphatic hydroxyl groups excluding tert-OH is 1. The highest BCUT2D eigenvalue weighted by molar-refractivity contribution is 6.39. The molecular formula is C22H22N2O3. The van der Waals surface area contributed by atoms with Crippen LogP contribution in [0.4, 0.5) is 5.69 Å². The van der Waals surface area contributed by atoms with Crippen molar-refractivity contribution in [1.29, 1.82) is 0 Å². The zero-order valence-corrected chi connectivity index (χ0v) is 15.3. The van der Waals surface area contributed by atoms with Gasteiger partial charge in [-0.05, 0) is 53.4 Å². The Balaban J connectivity index is 1.62. The van der Waals surface area contributed by atoms with Crippen LogP contribution in [-0.2, 0) is 9.59 Å². The molecule has 3 aromatic rings. The number of nitrogens with one attached hydrogen (secondary N) is 2. The molecular weight excluding hydrogens is 340 g/mol. The van der Waals surface area contributed by atoms with Gasteiger partial charge in [0.2, 0.25) is 0 Å². The third kappa shape index (κ3) is 4.33. The van der Waals surface area contributed by atoms with Gasteiger partial charge in [0.25, 0.3) is 0 Å². The first-order chi connectivity index (χ1) is 13.0. The summed E-state index contributed by atoms with van der Waals surface area (Å²) in [5, 5.41) is 17.4. The van der Waals surface area contributed by atoms with E-state index in [2.05, 4.69) is 10.6 Å². The standard InChI is InChI=1S/C22H22N2O3/c1-14-10-11-17(12-15(14)2)24-22(27)21(26)23-13-20(25)19-9-5-7-16-6-3-4-8-18(16)19/h3-12,20,25H,13H2,1-2H3,(H,23,26)(H,24,27). The maximum absolute atomic E-state index is 12.1. The third-order valence-electron chi connectivity index (χ3n) is 4.61. The van der Waals surface area contributed by atoms with Crippen LogP contribution < -0.4 is 10.6 Å². The van der Waals surface area contributed by atoms with Crippen LogP contribution >= 0.6 is 0 Å². The maximum atomic E-state index is 12.1. The Morgan fingerprint density at radius 2 is 1.67 bits per heavy atom. The van der Waals surface area contributed by atoms with E-state index < -0.39 is 17.9 Å². The van der Waals surface area contributed by atoms with E-state index in [1.54, 1.807) is 6.07 Å². The summed E-state index contributed by atoms with van der Waals surface area (Å²) in [6.07, 6.45) is -0.908. The summed E-state index contributed by atoms with van der Waals surface area (Å²) in [5.41, 5.74) is 3.41. The van der Waals surface area contributed by atoms with Gasteiger partial charge < -0.3 is 15.7 Å². The zero-order valence-electron chi connectivity index (χ0n) is 15.3. The predicted octanol–water partition coefficient (Wildman–Crippen LogP) is 3.24. The Kier molecular flexibility index (Phi) is 5.52. The van der Waals surface area contributed by atoms with Crippen LogP contribution in [0.15, 0.2) is 60.7 Å². The summed E-state index contributed by atoms with van der Waals surface area (Å²) < 4.78 is 0. The van der Waals surface area contributed by atoms with E-state index >= 15 is 0 Å². The molecule has 0 saturated heterocycles. The fourth-order valence-corrected chi connectivity index (χ4v) is 2.93. The second-order valence-corrected chi connectivity index (χ2v) is 6.55. The molecule has 2 amide bonds. The first-order valence-corrected chi connectivity index (χ1v) is 8.78. The molecule has 5 heteroatoms. The van der Waals surface area contributed by atoms with Crippen molar-refractivity contribution in [2.45, 2.75) is 20.0 Å². The highest BCUT2D eigenvalue weighted by Gasteiger charge is 2.17. The van der Waals surface area contributed by atoms with Crippen LogP contribution in [0.5, 0.6) is 0 Å². The van der Waals surface area contributed by atoms with Gasteiger partial charge in [0, 0.05) is 12.2 Å². The molecule has 0 heterocycles. The van der Waals surface area contributed by atoms with Gasteiger partial charge in [0.05, 0.1) is 6.10 Å². The fraction of sp³-hybridized carbons (Fsp3) is 0.182. The fourth-order valence-electron chi connectivity index (χ4n) is 2.93. The van der Waals surface area contributed by atoms with Crippen molar-refractivity contribution in [2.24, 2.45) is 0 Å². The number of aryl methyl sites for hydroxylation is 2. The maximum Gasteiger partial charge on any atom is 0.313 e. The number of hydrogen-bond donors (Lipinski definition) is 3. The minimum absolute atomic E-state index is 0.0484. The van der Waals surface area contributed by atoms with E-state index in [-0.39, 0.29) is 6.54 Å². The molecule has 0 spiro atoms. The number of carbonyl (C=O) groups is 2. The van der Waals surface area contributed by atoms with Crippen LogP contribution in [0.3, 0.4) is 0 Å². The van der Waals surface area contributed by atoms with Gasteiger partial charge in [-0.3, -0.25) is 9.59 Å². The lowest BCUT2D eigenvalue weighted by Crippen LogP contribution is -2.37. The van der Waals surface area contributed by atoms with Crippen molar-refractivity contribution in [3.8, 4) is 0 Å². The number of fused-ring (bicyclic) bond motifs is 1. The molecule has 138 valence electrons. The van der Waals surface area contributed by atoms with Crippen molar-refractivity contribution in [2.75, 3.05) is 11.9 Å². The molecule has 0 saturated carbocycles. The molecule has 0 bridgehead atoms. The lowest BCUT2D eigenvalue weighted by Gasteiger charge is -2.15. The lowest BCUT2D eigenvalue weighted by molar-refractivity contribution is -0.136. The zero-order chi connectivity index (χ0) is 19.4. The molecule has 0 aliphatic rings. The number of aliphatic hydroxyl groups is 1. The number of benzene rings is 3. The Morgan fingerprint density at radius 3 is 2.44 bits per heavy atom. The van der Waals surface area contributed by atoms with Crippen LogP contribution in [0.25, 0.3) is 10.8 Å². The normalized spacial score (nSPS) is 11.8. The van der Waals surface area contributed by atoms with Gasteiger partial charge in [-0.1, -0.05) is 48.5 Å². The summed E-state index contributed by atoms with van der Waals surface area (Å²) >= 11 is 0. The second-order valence-electron chi connectivity index (χ2n) is 6.55.